The zero-order valence-corrected chi connectivity index (χ0v) is 11.0. The quantitative estimate of drug-likeness (QED) is 0.897. The lowest BCUT2D eigenvalue weighted by molar-refractivity contribution is 0.199. The molecule has 0 aliphatic heterocycles. The summed E-state index contributed by atoms with van der Waals surface area (Å²) in [5.41, 5.74) is 1.76. The molecule has 0 aliphatic carbocycles. The third kappa shape index (κ3) is 3.45. The lowest BCUT2D eigenvalue weighted by Crippen LogP contribution is -2.00. The van der Waals surface area contributed by atoms with Gasteiger partial charge in [-0.2, -0.15) is 0 Å². The molecule has 100 valence electrons. The molecule has 4 nitrogen and oxygen atoms in total. The molecule has 0 radical (unpaired) electrons. The fourth-order valence-electron chi connectivity index (χ4n) is 1.72. The minimum Gasteiger partial charge on any atom is -0.489 e. The first-order valence-electron chi connectivity index (χ1n) is 6.09. The predicted molar refractivity (Wildman–Crippen MR) is 72.2 cm³/mol. The number of pyridine rings is 1. The number of aliphatic hydroxyl groups is 1. The summed E-state index contributed by atoms with van der Waals surface area (Å²) in [7, 11) is 1.59. The highest BCUT2D eigenvalue weighted by atomic mass is 16.5. The van der Waals surface area contributed by atoms with Crippen molar-refractivity contribution in [3.05, 3.63) is 53.7 Å². The average Bonchev–Trinajstić information content (AvgIpc) is 2.45. The highest BCUT2D eigenvalue weighted by Crippen LogP contribution is 2.20. The van der Waals surface area contributed by atoms with Gasteiger partial charge >= 0.3 is 0 Å². The van der Waals surface area contributed by atoms with Crippen LogP contribution < -0.4 is 9.47 Å². The largest absolute Gasteiger partial charge is 0.489 e. The number of rotatable bonds is 5. The SMILES string of the molecule is COc1ncccc1COc1ccc([C@H](C)O)cc1. The summed E-state index contributed by atoms with van der Waals surface area (Å²) in [5.74, 6) is 1.32. The number of benzene rings is 1. The Kier molecular flexibility index (Phi) is 4.36. The number of hydrogen-bond acceptors (Lipinski definition) is 4. The van der Waals surface area contributed by atoms with Gasteiger partial charge in [0, 0.05) is 6.20 Å². The van der Waals surface area contributed by atoms with Crippen LogP contribution in [0.15, 0.2) is 42.6 Å². The van der Waals surface area contributed by atoms with E-state index in [1.54, 1.807) is 20.2 Å². The minimum atomic E-state index is -0.465. The van der Waals surface area contributed by atoms with E-state index in [4.69, 9.17) is 9.47 Å². The third-order valence-corrected chi connectivity index (χ3v) is 2.80. The molecule has 0 bridgehead atoms. The number of aromatic nitrogens is 1. The van der Waals surface area contributed by atoms with E-state index >= 15 is 0 Å². The van der Waals surface area contributed by atoms with Crippen LogP contribution in [0.1, 0.15) is 24.2 Å². The maximum atomic E-state index is 9.43. The molecular weight excluding hydrogens is 242 g/mol. The molecule has 2 aromatic rings. The van der Waals surface area contributed by atoms with Crippen molar-refractivity contribution in [1.82, 2.24) is 4.98 Å². The monoisotopic (exact) mass is 259 g/mol. The summed E-state index contributed by atoms with van der Waals surface area (Å²) < 4.78 is 10.8. The smallest absolute Gasteiger partial charge is 0.219 e. The molecule has 0 spiro atoms. The Balaban J connectivity index is 2.02. The van der Waals surface area contributed by atoms with Crippen molar-refractivity contribution in [3.63, 3.8) is 0 Å². The second-order valence-electron chi connectivity index (χ2n) is 4.21. The second kappa shape index (κ2) is 6.20. The Morgan fingerprint density at radius 1 is 1.21 bits per heavy atom. The van der Waals surface area contributed by atoms with Gasteiger partial charge in [0.25, 0.3) is 0 Å². The van der Waals surface area contributed by atoms with Gasteiger partial charge in [-0.3, -0.25) is 0 Å². The lowest BCUT2D eigenvalue weighted by atomic mass is 10.1. The first-order chi connectivity index (χ1) is 9.20. The molecule has 0 unspecified atom stereocenters. The highest BCUT2D eigenvalue weighted by molar-refractivity contribution is 5.30. The Bertz CT molecular complexity index is 523. The lowest BCUT2D eigenvalue weighted by Gasteiger charge is -2.10. The first-order valence-corrected chi connectivity index (χ1v) is 6.09. The molecule has 0 aliphatic rings. The van der Waals surface area contributed by atoms with Gasteiger partial charge in [0.15, 0.2) is 0 Å². The van der Waals surface area contributed by atoms with Gasteiger partial charge < -0.3 is 14.6 Å². The Morgan fingerprint density at radius 2 is 1.95 bits per heavy atom. The summed E-state index contributed by atoms with van der Waals surface area (Å²) in [5, 5.41) is 9.43. The number of nitrogens with zero attached hydrogens (tertiary/aromatic N) is 1. The van der Waals surface area contributed by atoms with Crippen molar-refractivity contribution >= 4 is 0 Å². The molecule has 0 amide bonds. The summed E-state index contributed by atoms with van der Waals surface area (Å²) in [4.78, 5) is 4.11. The Hall–Kier alpha value is -2.07. The maximum Gasteiger partial charge on any atom is 0.219 e. The molecule has 4 heteroatoms. The van der Waals surface area contributed by atoms with Crippen LogP contribution in [0.25, 0.3) is 0 Å². The maximum absolute atomic E-state index is 9.43. The molecule has 1 aromatic carbocycles. The van der Waals surface area contributed by atoms with Gasteiger partial charge in [0.05, 0.1) is 18.8 Å². The van der Waals surface area contributed by atoms with Gasteiger partial charge in [0.2, 0.25) is 5.88 Å². The number of ether oxygens (including phenoxy) is 2. The minimum absolute atomic E-state index is 0.394. The van der Waals surface area contributed by atoms with Crippen molar-refractivity contribution < 1.29 is 14.6 Å². The predicted octanol–water partition coefficient (Wildman–Crippen LogP) is 2.72. The first kappa shape index (κ1) is 13.4. The Morgan fingerprint density at radius 3 is 2.58 bits per heavy atom. The van der Waals surface area contributed by atoms with Crippen molar-refractivity contribution in [2.75, 3.05) is 7.11 Å². The molecule has 2 rings (SSSR count). The second-order valence-corrected chi connectivity index (χ2v) is 4.21. The summed E-state index contributed by atoms with van der Waals surface area (Å²) in [6.45, 7) is 2.13. The van der Waals surface area contributed by atoms with E-state index in [0.717, 1.165) is 16.9 Å². The molecule has 0 fully saturated rings. The van der Waals surface area contributed by atoms with Gasteiger partial charge in [-0.25, -0.2) is 4.98 Å². The fourth-order valence-corrected chi connectivity index (χ4v) is 1.72. The molecule has 1 N–H and O–H groups in total. The average molecular weight is 259 g/mol. The van der Waals surface area contributed by atoms with Gasteiger partial charge in [0.1, 0.15) is 12.4 Å². The van der Waals surface area contributed by atoms with Gasteiger partial charge in [-0.05, 0) is 36.8 Å². The van der Waals surface area contributed by atoms with E-state index in [-0.39, 0.29) is 0 Å². The van der Waals surface area contributed by atoms with Crippen molar-refractivity contribution in [2.45, 2.75) is 19.6 Å². The normalized spacial score (nSPS) is 11.9. The van der Waals surface area contributed by atoms with Crippen LogP contribution in [-0.2, 0) is 6.61 Å². The zero-order chi connectivity index (χ0) is 13.7. The fraction of sp³-hybridized carbons (Fsp3) is 0.267. The number of methoxy groups -OCH3 is 1. The highest BCUT2D eigenvalue weighted by Gasteiger charge is 2.05. The molecule has 19 heavy (non-hydrogen) atoms. The van der Waals surface area contributed by atoms with E-state index in [1.165, 1.54) is 0 Å². The van der Waals surface area contributed by atoms with Crippen LogP contribution in [0.5, 0.6) is 11.6 Å². The standard InChI is InChI=1S/C15H17NO3/c1-11(17)12-5-7-14(8-6-12)19-10-13-4-3-9-16-15(13)18-2/h3-9,11,17H,10H2,1-2H3/t11-/m0/s1. The molecule has 0 saturated carbocycles. The van der Waals surface area contributed by atoms with E-state index < -0.39 is 6.10 Å². The van der Waals surface area contributed by atoms with Crippen LogP contribution in [0.4, 0.5) is 0 Å². The van der Waals surface area contributed by atoms with Crippen LogP contribution in [0.2, 0.25) is 0 Å². The van der Waals surface area contributed by atoms with Crippen LogP contribution in [0.3, 0.4) is 0 Å². The topological polar surface area (TPSA) is 51.6 Å². The molecule has 1 atom stereocenters. The summed E-state index contributed by atoms with van der Waals surface area (Å²) in [6, 6.07) is 11.1. The Labute approximate surface area is 112 Å². The van der Waals surface area contributed by atoms with Crippen LogP contribution in [-0.4, -0.2) is 17.2 Å². The van der Waals surface area contributed by atoms with Crippen molar-refractivity contribution in [1.29, 1.82) is 0 Å². The molecule has 1 aromatic heterocycles. The summed E-state index contributed by atoms with van der Waals surface area (Å²) >= 11 is 0. The molecular formula is C15H17NO3. The third-order valence-electron chi connectivity index (χ3n) is 2.80. The van der Waals surface area contributed by atoms with E-state index in [2.05, 4.69) is 4.98 Å². The number of aliphatic hydroxyl groups excluding tert-OH is 1. The van der Waals surface area contributed by atoms with Gasteiger partial charge in [-0.15, -0.1) is 0 Å². The van der Waals surface area contributed by atoms with Gasteiger partial charge in [-0.1, -0.05) is 12.1 Å². The summed E-state index contributed by atoms with van der Waals surface area (Å²) in [6.07, 6.45) is 1.22. The van der Waals surface area contributed by atoms with E-state index in [1.807, 2.05) is 36.4 Å². The zero-order valence-electron chi connectivity index (χ0n) is 11.0. The van der Waals surface area contributed by atoms with Crippen LogP contribution in [0, 0.1) is 0 Å². The van der Waals surface area contributed by atoms with Crippen LogP contribution >= 0.6 is 0 Å². The van der Waals surface area contributed by atoms with E-state index in [9.17, 15) is 5.11 Å². The van der Waals surface area contributed by atoms with E-state index in [0.29, 0.717) is 12.5 Å². The molecule has 1 heterocycles. The van der Waals surface area contributed by atoms with Crippen molar-refractivity contribution in [2.24, 2.45) is 0 Å². The van der Waals surface area contributed by atoms with Crippen molar-refractivity contribution in [3.8, 4) is 11.6 Å². The number of hydrogen-bond donors (Lipinski definition) is 1. The molecule has 0 saturated heterocycles.